The molecule has 0 rings (SSSR count). The zero-order chi connectivity index (χ0) is 15.6. The molecule has 0 atom stereocenters. The van der Waals surface area contributed by atoms with Gasteiger partial charge in [-0.2, -0.15) is 0 Å². The lowest BCUT2D eigenvalue weighted by Crippen LogP contribution is -2.26. The highest BCUT2D eigenvalue weighted by atomic mass is 16.6. The number of nitrogens with zero attached hydrogens (tertiary/aromatic N) is 1. The Labute approximate surface area is 124 Å². The molecule has 0 aromatic carbocycles. The van der Waals surface area contributed by atoms with E-state index in [2.05, 4.69) is 45.1 Å². The molecule has 0 aliphatic heterocycles. The molecule has 4 nitrogen and oxygen atoms in total. The van der Waals surface area contributed by atoms with Crippen LogP contribution in [0.3, 0.4) is 0 Å². The summed E-state index contributed by atoms with van der Waals surface area (Å²) in [6, 6.07) is 0. The SMILES string of the molecule is C/C(=N/OCCCCC(=O)NCCC(C)(C)C)C(C)C. The molecule has 0 aliphatic rings. The molecule has 1 N–H and O–H groups in total. The van der Waals surface area contributed by atoms with Gasteiger partial charge in [-0.3, -0.25) is 4.79 Å². The van der Waals surface area contributed by atoms with Gasteiger partial charge in [-0.1, -0.05) is 39.8 Å². The molecule has 0 aromatic rings. The van der Waals surface area contributed by atoms with E-state index in [4.69, 9.17) is 4.84 Å². The number of carbonyl (C=O) groups is 1. The first-order chi connectivity index (χ1) is 9.22. The fraction of sp³-hybridized carbons (Fsp3) is 0.875. The molecule has 0 aliphatic carbocycles. The number of nitrogens with one attached hydrogen (secondary N) is 1. The number of unbranched alkanes of at least 4 members (excludes halogenated alkanes) is 1. The number of hydrogen-bond acceptors (Lipinski definition) is 3. The number of carbonyl (C=O) groups excluding carboxylic acids is 1. The van der Waals surface area contributed by atoms with Crippen molar-refractivity contribution in [1.29, 1.82) is 0 Å². The standard InChI is InChI=1S/C16H32N2O2/c1-13(2)14(3)18-20-12-8-7-9-15(19)17-11-10-16(4,5)6/h13H,7-12H2,1-6H3,(H,17,19)/b18-14-. The third-order valence-corrected chi connectivity index (χ3v) is 3.13. The third kappa shape index (κ3) is 12.0. The monoisotopic (exact) mass is 284 g/mol. The van der Waals surface area contributed by atoms with Gasteiger partial charge in [-0.25, -0.2) is 0 Å². The molecule has 0 heterocycles. The summed E-state index contributed by atoms with van der Waals surface area (Å²) in [5, 5.41) is 6.99. The molecule has 118 valence electrons. The van der Waals surface area contributed by atoms with Crippen LogP contribution in [0.2, 0.25) is 0 Å². The lowest BCUT2D eigenvalue weighted by atomic mass is 9.92. The molecule has 0 fully saturated rings. The van der Waals surface area contributed by atoms with Crippen LogP contribution >= 0.6 is 0 Å². The van der Waals surface area contributed by atoms with Gasteiger partial charge in [0.2, 0.25) is 5.91 Å². The second-order valence-electron chi connectivity index (χ2n) is 6.84. The van der Waals surface area contributed by atoms with Gasteiger partial charge in [0.1, 0.15) is 6.61 Å². The summed E-state index contributed by atoms with van der Waals surface area (Å²) >= 11 is 0. The van der Waals surface area contributed by atoms with Gasteiger partial charge < -0.3 is 10.2 Å². The topological polar surface area (TPSA) is 50.7 Å². The van der Waals surface area contributed by atoms with Crippen molar-refractivity contribution < 1.29 is 9.63 Å². The minimum Gasteiger partial charge on any atom is -0.396 e. The van der Waals surface area contributed by atoms with Crippen LogP contribution in [0.25, 0.3) is 0 Å². The molecule has 0 saturated carbocycles. The summed E-state index contributed by atoms with van der Waals surface area (Å²) < 4.78 is 0. The quantitative estimate of drug-likeness (QED) is 0.398. The van der Waals surface area contributed by atoms with Gasteiger partial charge in [0, 0.05) is 13.0 Å². The van der Waals surface area contributed by atoms with Crippen LogP contribution in [0.5, 0.6) is 0 Å². The Kier molecular flexibility index (Phi) is 9.26. The number of amides is 1. The van der Waals surface area contributed by atoms with Crippen molar-refractivity contribution in [3.8, 4) is 0 Å². The fourth-order valence-electron chi connectivity index (χ4n) is 1.37. The number of hydrogen-bond donors (Lipinski definition) is 1. The van der Waals surface area contributed by atoms with E-state index in [9.17, 15) is 4.79 Å². The van der Waals surface area contributed by atoms with Crippen molar-refractivity contribution >= 4 is 11.6 Å². The maximum atomic E-state index is 11.6. The summed E-state index contributed by atoms with van der Waals surface area (Å²) in [7, 11) is 0. The highest BCUT2D eigenvalue weighted by molar-refractivity contribution is 5.83. The number of oxime groups is 1. The molecule has 20 heavy (non-hydrogen) atoms. The first kappa shape index (κ1) is 18.9. The fourth-order valence-corrected chi connectivity index (χ4v) is 1.37. The van der Waals surface area contributed by atoms with Crippen molar-refractivity contribution in [1.82, 2.24) is 5.32 Å². The highest BCUT2D eigenvalue weighted by Gasteiger charge is 2.10. The summed E-state index contributed by atoms with van der Waals surface area (Å²) in [4.78, 5) is 16.8. The van der Waals surface area contributed by atoms with Crippen molar-refractivity contribution in [3.63, 3.8) is 0 Å². The maximum Gasteiger partial charge on any atom is 0.219 e. The van der Waals surface area contributed by atoms with Gasteiger partial charge in [0.05, 0.1) is 5.71 Å². The summed E-state index contributed by atoms with van der Waals surface area (Å²) in [5.41, 5.74) is 1.28. The Morgan fingerprint density at radius 2 is 1.90 bits per heavy atom. The largest absolute Gasteiger partial charge is 0.396 e. The van der Waals surface area contributed by atoms with E-state index < -0.39 is 0 Å². The van der Waals surface area contributed by atoms with Gasteiger partial charge >= 0.3 is 0 Å². The third-order valence-electron chi connectivity index (χ3n) is 3.13. The Balaban J connectivity index is 3.51. The molecule has 4 heteroatoms. The predicted molar refractivity (Wildman–Crippen MR) is 84.8 cm³/mol. The van der Waals surface area contributed by atoms with E-state index in [-0.39, 0.29) is 11.3 Å². The Morgan fingerprint density at radius 3 is 2.45 bits per heavy atom. The van der Waals surface area contributed by atoms with E-state index in [1.165, 1.54) is 0 Å². The normalized spacial score (nSPS) is 12.7. The van der Waals surface area contributed by atoms with E-state index >= 15 is 0 Å². The minimum atomic E-state index is 0.135. The molecule has 1 amide bonds. The van der Waals surface area contributed by atoms with Crippen LogP contribution < -0.4 is 5.32 Å². The van der Waals surface area contributed by atoms with Crippen LogP contribution in [0.1, 0.15) is 67.2 Å². The van der Waals surface area contributed by atoms with E-state index in [1.807, 2.05) is 6.92 Å². The van der Waals surface area contributed by atoms with Crippen molar-refractivity contribution in [2.45, 2.75) is 67.2 Å². The lowest BCUT2D eigenvalue weighted by Gasteiger charge is -2.17. The van der Waals surface area contributed by atoms with Crippen molar-refractivity contribution in [3.05, 3.63) is 0 Å². The van der Waals surface area contributed by atoms with Gasteiger partial charge in [0.15, 0.2) is 0 Å². The maximum absolute atomic E-state index is 11.6. The van der Waals surface area contributed by atoms with E-state index in [1.54, 1.807) is 0 Å². The molecule has 0 radical (unpaired) electrons. The summed E-state index contributed by atoms with van der Waals surface area (Å²) in [5.74, 6) is 0.555. The van der Waals surface area contributed by atoms with Crippen molar-refractivity contribution in [2.24, 2.45) is 16.5 Å². The van der Waals surface area contributed by atoms with Gasteiger partial charge in [0.25, 0.3) is 0 Å². The molecule has 0 saturated heterocycles. The Bertz CT molecular complexity index is 304. The average molecular weight is 284 g/mol. The molecule has 0 spiro atoms. The second-order valence-corrected chi connectivity index (χ2v) is 6.84. The van der Waals surface area contributed by atoms with Crippen LogP contribution in [0, 0.1) is 11.3 Å². The number of rotatable bonds is 9. The Morgan fingerprint density at radius 1 is 1.25 bits per heavy atom. The molecule has 0 unspecified atom stereocenters. The van der Waals surface area contributed by atoms with E-state index in [0.717, 1.165) is 31.5 Å². The first-order valence-corrected chi connectivity index (χ1v) is 7.65. The van der Waals surface area contributed by atoms with Gasteiger partial charge in [-0.15, -0.1) is 0 Å². The van der Waals surface area contributed by atoms with E-state index in [0.29, 0.717) is 18.9 Å². The highest BCUT2D eigenvalue weighted by Crippen LogP contribution is 2.16. The average Bonchev–Trinajstić information content (AvgIpc) is 2.31. The minimum absolute atomic E-state index is 0.135. The predicted octanol–water partition coefficient (Wildman–Crippen LogP) is 3.76. The summed E-state index contributed by atoms with van der Waals surface area (Å²) in [6.07, 6.45) is 3.28. The van der Waals surface area contributed by atoms with Crippen molar-refractivity contribution in [2.75, 3.05) is 13.2 Å². The van der Waals surface area contributed by atoms with Crippen LogP contribution in [0.15, 0.2) is 5.16 Å². The zero-order valence-electron chi connectivity index (χ0n) is 14.1. The smallest absolute Gasteiger partial charge is 0.219 e. The second kappa shape index (κ2) is 9.78. The molecule has 0 aromatic heterocycles. The summed E-state index contributed by atoms with van der Waals surface area (Å²) in [6.45, 7) is 14.0. The van der Waals surface area contributed by atoms with Crippen LogP contribution in [0.4, 0.5) is 0 Å². The van der Waals surface area contributed by atoms with Crippen LogP contribution in [-0.2, 0) is 9.63 Å². The zero-order valence-corrected chi connectivity index (χ0v) is 14.1. The molecular formula is C16H32N2O2. The molecular weight excluding hydrogens is 252 g/mol. The van der Waals surface area contributed by atoms with Crippen LogP contribution in [-0.4, -0.2) is 24.8 Å². The van der Waals surface area contributed by atoms with Gasteiger partial charge in [-0.05, 0) is 37.5 Å². The Hall–Kier alpha value is -1.06. The lowest BCUT2D eigenvalue weighted by molar-refractivity contribution is -0.121. The molecule has 0 bridgehead atoms. The first-order valence-electron chi connectivity index (χ1n) is 7.65.